The van der Waals surface area contributed by atoms with Crippen LogP contribution in [0.15, 0.2) is 35.2 Å². The van der Waals surface area contributed by atoms with E-state index < -0.39 is 28.0 Å². The van der Waals surface area contributed by atoms with Gasteiger partial charge in [-0.2, -0.15) is 0 Å². The maximum atomic E-state index is 12.5. The lowest BCUT2D eigenvalue weighted by molar-refractivity contribution is -0.128. The third kappa shape index (κ3) is 6.24. The molecule has 0 saturated carbocycles. The Morgan fingerprint density at radius 1 is 1.09 bits per heavy atom. The molecule has 8 nitrogen and oxygen atoms in total. The van der Waals surface area contributed by atoms with Gasteiger partial charge in [-0.25, -0.2) is 17.5 Å². The van der Waals surface area contributed by atoms with Crippen molar-refractivity contribution >= 4 is 39.0 Å². The third-order valence-electron chi connectivity index (χ3n) is 4.58. The molecule has 1 amide bonds. The molecule has 0 aliphatic carbocycles. The summed E-state index contributed by atoms with van der Waals surface area (Å²) in [5.41, 5.74) is 0.108. The van der Waals surface area contributed by atoms with Crippen LogP contribution in [0.25, 0.3) is 0 Å². The molecule has 10 heteroatoms. The van der Waals surface area contributed by atoms with Gasteiger partial charge in [-0.05, 0) is 36.8 Å². The zero-order valence-corrected chi connectivity index (χ0v) is 20.6. The molecule has 174 valence electrons. The van der Waals surface area contributed by atoms with Gasteiger partial charge >= 0.3 is 5.97 Å². The van der Waals surface area contributed by atoms with Crippen molar-refractivity contribution in [3.8, 4) is 0 Å². The molecule has 1 heterocycles. The average Bonchev–Trinajstić information content (AvgIpc) is 3.18. The minimum Gasteiger partial charge on any atom is -0.454 e. The number of esters is 1. The molecule has 2 rings (SSSR count). The van der Waals surface area contributed by atoms with E-state index in [2.05, 4.69) is 5.32 Å². The van der Waals surface area contributed by atoms with Gasteiger partial charge in [0.1, 0.15) is 0 Å². The van der Waals surface area contributed by atoms with Crippen LogP contribution in [0.2, 0.25) is 0 Å². The van der Waals surface area contributed by atoms with Gasteiger partial charge in [0.15, 0.2) is 6.61 Å². The van der Waals surface area contributed by atoms with Crippen LogP contribution < -0.4 is 5.32 Å². The molecular weight excluding hydrogens is 452 g/mol. The summed E-state index contributed by atoms with van der Waals surface area (Å²) in [6.45, 7) is 6.92. The second-order valence-electron chi connectivity index (χ2n) is 8.46. The maximum absolute atomic E-state index is 12.5. The highest BCUT2D eigenvalue weighted by atomic mass is 32.2. The molecule has 0 atom stereocenters. The maximum Gasteiger partial charge on any atom is 0.338 e. The first-order valence-corrected chi connectivity index (χ1v) is 12.1. The van der Waals surface area contributed by atoms with Crippen molar-refractivity contribution in [2.24, 2.45) is 5.41 Å². The van der Waals surface area contributed by atoms with Crippen molar-refractivity contribution in [2.45, 2.75) is 39.1 Å². The van der Waals surface area contributed by atoms with Gasteiger partial charge < -0.3 is 10.1 Å². The van der Waals surface area contributed by atoms with E-state index in [1.807, 2.05) is 20.8 Å². The number of thiophene rings is 1. The molecule has 0 radical (unpaired) electrons. The standard InChI is InChI=1S/C22H28N2O6S2/c1-14-7-9-16(32(28,29)24(5)6)11-17(14)20(26)30-13-18(25)19-10-8-15(31-19)12-23-21(27)22(2,3)4/h7-11H,12-13H2,1-6H3,(H,23,27). The molecule has 0 saturated heterocycles. The lowest BCUT2D eigenvalue weighted by Crippen LogP contribution is -2.34. The van der Waals surface area contributed by atoms with Crippen LogP contribution in [0.1, 0.15) is 51.2 Å². The highest BCUT2D eigenvalue weighted by Crippen LogP contribution is 2.21. The molecule has 32 heavy (non-hydrogen) atoms. The van der Waals surface area contributed by atoms with E-state index in [4.69, 9.17) is 4.74 Å². The number of aryl methyl sites for hydroxylation is 1. The average molecular weight is 481 g/mol. The van der Waals surface area contributed by atoms with E-state index in [0.29, 0.717) is 17.0 Å². The molecule has 0 spiro atoms. The smallest absolute Gasteiger partial charge is 0.338 e. The summed E-state index contributed by atoms with van der Waals surface area (Å²) in [4.78, 5) is 38.1. The number of nitrogens with zero attached hydrogens (tertiary/aromatic N) is 1. The number of benzene rings is 1. The van der Waals surface area contributed by atoms with Gasteiger partial charge in [0.05, 0.1) is 21.9 Å². The number of amides is 1. The van der Waals surface area contributed by atoms with E-state index in [1.54, 1.807) is 19.1 Å². The fourth-order valence-electron chi connectivity index (χ4n) is 2.53. The second-order valence-corrected chi connectivity index (χ2v) is 11.8. The molecule has 0 bridgehead atoms. The Morgan fingerprint density at radius 3 is 2.34 bits per heavy atom. The number of hydrogen-bond donors (Lipinski definition) is 1. The third-order valence-corrected chi connectivity index (χ3v) is 7.52. The van der Waals surface area contributed by atoms with Crippen molar-refractivity contribution in [1.29, 1.82) is 0 Å². The Bertz CT molecular complexity index is 1130. The van der Waals surface area contributed by atoms with Crippen molar-refractivity contribution in [3.63, 3.8) is 0 Å². The fraction of sp³-hybridized carbons (Fsp3) is 0.409. The Kier molecular flexibility index (Phi) is 7.97. The number of ketones is 1. The molecule has 1 aromatic carbocycles. The topological polar surface area (TPSA) is 110 Å². The fourth-order valence-corrected chi connectivity index (χ4v) is 4.33. The zero-order chi connectivity index (χ0) is 24.3. The highest BCUT2D eigenvalue weighted by Gasteiger charge is 2.23. The minimum absolute atomic E-state index is 0.0356. The monoisotopic (exact) mass is 480 g/mol. The first-order valence-electron chi connectivity index (χ1n) is 9.84. The Morgan fingerprint density at radius 2 is 1.75 bits per heavy atom. The van der Waals surface area contributed by atoms with Gasteiger partial charge in [-0.15, -0.1) is 11.3 Å². The molecule has 2 aromatic rings. The van der Waals surface area contributed by atoms with Crippen LogP contribution in [-0.2, 0) is 26.1 Å². The lowest BCUT2D eigenvalue weighted by Gasteiger charge is -2.17. The number of sulfonamides is 1. The Labute approximate surface area is 192 Å². The summed E-state index contributed by atoms with van der Waals surface area (Å²) in [7, 11) is -0.915. The van der Waals surface area contributed by atoms with Crippen molar-refractivity contribution in [3.05, 3.63) is 51.2 Å². The van der Waals surface area contributed by atoms with E-state index >= 15 is 0 Å². The number of ether oxygens (including phenoxy) is 1. The summed E-state index contributed by atoms with van der Waals surface area (Å²) in [5.74, 6) is -1.26. The second kappa shape index (κ2) is 9.93. The predicted molar refractivity (Wildman–Crippen MR) is 122 cm³/mol. The minimum atomic E-state index is -3.71. The Balaban J connectivity index is 2.03. The lowest BCUT2D eigenvalue weighted by atomic mass is 9.96. The van der Waals surface area contributed by atoms with Crippen molar-refractivity contribution in [1.82, 2.24) is 9.62 Å². The summed E-state index contributed by atoms with van der Waals surface area (Å²) >= 11 is 1.21. The Hall–Kier alpha value is -2.56. The van der Waals surface area contributed by atoms with E-state index in [9.17, 15) is 22.8 Å². The van der Waals surface area contributed by atoms with Crippen LogP contribution in [0, 0.1) is 12.3 Å². The molecule has 0 unspecified atom stereocenters. The number of carbonyl (C=O) groups excluding carboxylic acids is 3. The summed E-state index contributed by atoms with van der Waals surface area (Å²) in [5, 5.41) is 2.82. The van der Waals surface area contributed by atoms with E-state index in [-0.39, 0.29) is 22.1 Å². The van der Waals surface area contributed by atoms with Crippen LogP contribution in [0.3, 0.4) is 0 Å². The van der Waals surface area contributed by atoms with Gasteiger partial charge in [0, 0.05) is 24.4 Å². The number of carbonyl (C=O) groups is 3. The first-order chi connectivity index (χ1) is 14.7. The van der Waals surface area contributed by atoms with Crippen molar-refractivity contribution < 1.29 is 27.5 Å². The van der Waals surface area contributed by atoms with Crippen LogP contribution >= 0.6 is 11.3 Å². The molecule has 0 fully saturated rings. The molecule has 1 N–H and O–H groups in total. The van der Waals surface area contributed by atoms with Crippen LogP contribution in [-0.4, -0.2) is 51.1 Å². The molecule has 0 aliphatic rings. The quantitative estimate of drug-likeness (QED) is 0.459. The van der Waals surface area contributed by atoms with Gasteiger partial charge in [-0.1, -0.05) is 26.8 Å². The number of Topliss-reactive ketones (excluding diaryl/α,β-unsaturated/α-hetero) is 1. The van der Waals surface area contributed by atoms with E-state index in [0.717, 1.165) is 9.18 Å². The number of rotatable bonds is 8. The van der Waals surface area contributed by atoms with Gasteiger partial charge in [0.25, 0.3) is 0 Å². The van der Waals surface area contributed by atoms with Crippen LogP contribution in [0.4, 0.5) is 0 Å². The van der Waals surface area contributed by atoms with Crippen LogP contribution in [0.5, 0.6) is 0 Å². The number of nitrogens with one attached hydrogen (secondary N) is 1. The summed E-state index contributed by atoms with van der Waals surface area (Å²) in [6.07, 6.45) is 0. The molecule has 1 aromatic heterocycles. The predicted octanol–water partition coefficient (Wildman–Crippen LogP) is 3.01. The van der Waals surface area contributed by atoms with E-state index in [1.165, 1.54) is 43.6 Å². The number of hydrogen-bond acceptors (Lipinski definition) is 7. The zero-order valence-electron chi connectivity index (χ0n) is 19.0. The summed E-state index contributed by atoms with van der Waals surface area (Å²) in [6, 6.07) is 7.54. The first kappa shape index (κ1) is 25.7. The normalized spacial score (nSPS) is 12.0. The molecule has 0 aliphatic heterocycles. The highest BCUT2D eigenvalue weighted by molar-refractivity contribution is 7.89. The van der Waals surface area contributed by atoms with Gasteiger partial charge in [0.2, 0.25) is 21.7 Å². The largest absolute Gasteiger partial charge is 0.454 e. The summed E-state index contributed by atoms with van der Waals surface area (Å²) < 4.78 is 30.8. The van der Waals surface area contributed by atoms with Crippen molar-refractivity contribution in [2.75, 3.05) is 20.7 Å². The van der Waals surface area contributed by atoms with Gasteiger partial charge in [-0.3, -0.25) is 9.59 Å². The SMILES string of the molecule is Cc1ccc(S(=O)(=O)N(C)C)cc1C(=O)OCC(=O)c1ccc(CNC(=O)C(C)(C)C)s1. The molecular formula is C22H28N2O6S2.